The molecule has 3 aliphatic rings. The molecule has 0 bridgehead atoms. The fourth-order valence-corrected chi connectivity index (χ4v) is 4.51. The molecular formula is C18H23NO. The zero-order chi connectivity index (χ0) is 13.4. The van der Waals surface area contributed by atoms with Gasteiger partial charge in [0, 0.05) is 6.42 Å². The molecule has 0 saturated heterocycles. The Bertz CT molecular complexity index is 509. The smallest absolute Gasteiger partial charge is 0.143 e. The molecule has 106 valence electrons. The molecule has 2 saturated carbocycles. The van der Waals surface area contributed by atoms with Gasteiger partial charge in [-0.3, -0.25) is 0 Å². The van der Waals surface area contributed by atoms with Gasteiger partial charge >= 0.3 is 0 Å². The predicted molar refractivity (Wildman–Crippen MR) is 80.7 cm³/mol. The lowest BCUT2D eigenvalue weighted by molar-refractivity contribution is -0.0796. The monoisotopic (exact) mass is 269 g/mol. The lowest BCUT2D eigenvalue weighted by atomic mass is 9.65. The summed E-state index contributed by atoms with van der Waals surface area (Å²) in [4.78, 5) is 5.99. The molecule has 3 atom stereocenters. The third-order valence-corrected chi connectivity index (χ3v) is 5.62. The van der Waals surface area contributed by atoms with Crippen molar-refractivity contribution in [2.24, 2.45) is 17.0 Å². The van der Waals surface area contributed by atoms with Gasteiger partial charge in [0.15, 0.2) is 0 Å². The predicted octanol–water partition coefficient (Wildman–Crippen LogP) is 4.54. The Morgan fingerprint density at radius 2 is 1.80 bits per heavy atom. The summed E-state index contributed by atoms with van der Waals surface area (Å²) in [7, 11) is 0. The van der Waals surface area contributed by atoms with Crippen molar-refractivity contribution in [2.45, 2.75) is 57.0 Å². The minimum Gasteiger partial charge on any atom is -0.389 e. The highest BCUT2D eigenvalue weighted by molar-refractivity contribution is 6.01. The first-order chi connectivity index (χ1) is 9.85. The van der Waals surface area contributed by atoms with Gasteiger partial charge < -0.3 is 4.84 Å². The van der Waals surface area contributed by atoms with Gasteiger partial charge in [-0.15, -0.1) is 0 Å². The van der Waals surface area contributed by atoms with Crippen LogP contribution in [-0.4, -0.2) is 11.3 Å². The van der Waals surface area contributed by atoms with Crippen LogP contribution < -0.4 is 0 Å². The van der Waals surface area contributed by atoms with Crippen LogP contribution in [0.5, 0.6) is 0 Å². The van der Waals surface area contributed by atoms with Crippen molar-refractivity contribution >= 4 is 5.71 Å². The normalized spacial score (nSPS) is 36.3. The number of hydrogen-bond acceptors (Lipinski definition) is 2. The van der Waals surface area contributed by atoms with Crippen molar-refractivity contribution in [1.82, 2.24) is 0 Å². The maximum atomic E-state index is 5.99. The van der Waals surface area contributed by atoms with E-state index in [1.807, 2.05) is 0 Å². The molecule has 0 N–H and O–H groups in total. The molecule has 1 aromatic rings. The van der Waals surface area contributed by atoms with Gasteiger partial charge in [0.05, 0.1) is 5.71 Å². The largest absolute Gasteiger partial charge is 0.389 e. The van der Waals surface area contributed by atoms with E-state index in [0.717, 1.165) is 24.0 Å². The first-order valence-electron chi connectivity index (χ1n) is 8.15. The number of benzene rings is 1. The molecule has 2 nitrogen and oxygen atoms in total. The van der Waals surface area contributed by atoms with E-state index in [2.05, 4.69) is 35.5 Å². The summed E-state index contributed by atoms with van der Waals surface area (Å²) in [6, 6.07) is 10.5. The van der Waals surface area contributed by atoms with Gasteiger partial charge in [-0.25, -0.2) is 0 Å². The van der Waals surface area contributed by atoms with Gasteiger partial charge in [0.25, 0.3) is 0 Å². The van der Waals surface area contributed by atoms with Crippen LogP contribution in [0.2, 0.25) is 0 Å². The number of rotatable bonds is 1. The van der Waals surface area contributed by atoms with Crippen molar-refractivity contribution < 1.29 is 4.84 Å². The van der Waals surface area contributed by atoms with E-state index in [1.165, 1.54) is 50.5 Å². The van der Waals surface area contributed by atoms with Crippen LogP contribution in [0.25, 0.3) is 0 Å². The van der Waals surface area contributed by atoms with Gasteiger partial charge in [-0.05, 0) is 36.7 Å². The molecule has 4 rings (SSSR count). The molecule has 1 aliphatic heterocycles. The van der Waals surface area contributed by atoms with Crippen LogP contribution in [0, 0.1) is 11.8 Å². The molecule has 2 heteroatoms. The third kappa shape index (κ3) is 2.15. The van der Waals surface area contributed by atoms with E-state index in [-0.39, 0.29) is 5.60 Å². The van der Waals surface area contributed by atoms with Crippen molar-refractivity contribution in [3.8, 4) is 0 Å². The van der Waals surface area contributed by atoms with Crippen LogP contribution >= 0.6 is 0 Å². The Morgan fingerprint density at radius 1 is 1.00 bits per heavy atom. The SMILES string of the molecule is c1ccc(C2=NOC3(CCC4CCCCC4C3)C2)cc1. The van der Waals surface area contributed by atoms with E-state index in [1.54, 1.807) is 0 Å². The molecule has 2 fully saturated rings. The van der Waals surface area contributed by atoms with Crippen LogP contribution in [-0.2, 0) is 4.84 Å². The number of oxime groups is 1. The number of fused-ring (bicyclic) bond motifs is 1. The molecule has 0 radical (unpaired) electrons. The molecule has 2 aliphatic carbocycles. The van der Waals surface area contributed by atoms with Crippen molar-refractivity contribution in [2.75, 3.05) is 0 Å². The summed E-state index contributed by atoms with van der Waals surface area (Å²) in [5, 5.41) is 4.44. The fourth-order valence-electron chi connectivity index (χ4n) is 4.51. The molecule has 1 aromatic carbocycles. The molecule has 0 aromatic heterocycles. The Labute approximate surface area is 121 Å². The zero-order valence-electron chi connectivity index (χ0n) is 12.1. The molecule has 1 spiro atoms. The first-order valence-corrected chi connectivity index (χ1v) is 8.15. The maximum absolute atomic E-state index is 5.99. The second-order valence-electron chi connectivity index (χ2n) is 6.90. The quantitative estimate of drug-likeness (QED) is 0.733. The number of nitrogens with zero attached hydrogens (tertiary/aromatic N) is 1. The van der Waals surface area contributed by atoms with Gasteiger partial charge in [0.2, 0.25) is 0 Å². The fraction of sp³-hybridized carbons (Fsp3) is 0.611. The van der Waals surface area contributed by atoms with Crippen molar-refractivity contribution in [3.63, 3.8) is 0 Å². The van der Waals surface area contributed by atoms with Gasteiger partial charge in [0.1, 0.15) is 5.60 Å². The highest BCUT2D eigenvalue weighted by Gasteiger charge is 2.46. The third-order valence-electron chi connectivity index (χ3n) is 5.62. The topological polar surface area (TPSA) is 21.6 Å². The van der Waals surface area contributed by atoms with E-state index in [0.29, 0.717) is 0 Å². The molecule has 3 unspecified atom stereocenters. The Balaban J connectivity index is 1.49. The van der Waals surface area contributed by atoms with Crippen LogP contribution in [0.1, 0.15) is 56.9 Å². The van der Waals surface area contributed by atoms with E-state index < -0.39 is 0 Å². The van der Waals surface area contributed by atoms with Gasteiger partial charge in [-0.1, -0.05) is 61.2 Å². The highest BCUT2D eigenvalue weighted by atomic mass is 16.7. The Hall–Kier alpha value is -1.31. The van der Waals surface area contributed by atoms with E-state index in [4.69, 9.17) is 4.84 Å². The first kappa shape index (κ1) is 12.4. The van der Waals surface area contributed by atoms with Crippen LogP contribution in [0.4, 0.5) is 0 Å². The van der Waals surface area contributed by atoms with Crippen LogP contribution in [0.3, 0.4) is 0 Å². The zero-order valence-corrected chi connectivity index (χ0v) is 12.1. The lowest BCUT2D eigenvalue weighted by Gasteiger charge is -2.43. The van der Waals surface area contributed by atoms with Crippen molar-refractivity contribution in [1.29, 1.82) is 0 Å². The van der Waals surface area contributed by atoms with E-state index in [9.17, 15) is 0 Å². The Kier molecular flexibility index (Phi) is 3.05. The molecule has 20 heavy (non-hydrogen) atoms. The average Bonchev–Trinajstić information content (AvgIpc) is 2.92. The van der Waals surface area contributed by atoms with Crippen molar-refractivity contribution in [3.05, 3.63) is 35.9 Å². The van der Waals surface area contributed by atoms with E-state index >= 15 is 0 Å². The minimum absolute atomic E-state index is 0.0314. The summed E-state index contributed by atoms with van der Waals surface area (Å²) >= 11 is 0. The molecular weight excluding hydrogens is 246 g/mol. The van der Waals surface area contributed by atoms with Crippen LogP contribution in [0.15, 0.2) is 35.5 Å². The van der Waals surface area contributed by atoms with Gasteiger partial charge in [-0.2, -0.15) is 0 Å². The summed E-state index contributed by atoms with van der Waals surface area (Å²) in [6.07, 6.45) is 10.5. The lowest BCUT2D eigenvalue weighted by Crippen LogP contribution is -2.40. The molecule has 0 amide bonds. The number of hydrogen-bond donors (Lipinski definition) is 0. The Morgan fingerprint density at radius 3 is 2.65 bits per heavy atom. The maximum Gasteiger partial charge on any atom is 0.143 e. The summed E-state index contributed by atoms with van der Waals surface area (Å²) in [5.74, 6) is 1.86. The average molecular weight is 269 g/mol. The second-order valence-corrected chi connectivity index (χ2v) is 6.90. The summed E-state index contributed by atoms with van der Waals surface area (Å²) < 4.78 is 0. The minimum atomic E-state index is 0.0314. The second kappa shape index (κ2) is 4.91. The summed E-state index contributed by atoms with van der Waals surface area (Å²) in [5.41, 5.74) is 2.42. The standard InChI is InChI=1S/C18H23NO/c1-2-7-15(8-3-1)17-13-18(20-19-17)11-10-14-6-4-5-9-16(14)12-18/h1-3,7-8,14,16H,4-6,9-13H2. The summed E-state index contributed by atoms with van der Waals surface area (Å²) in [6.45, 7) is 0. The molecule has 1 heterocycles. The highest BCUT2D eigenvalue weighted by Crippen LogP contribution is 2.49.